The molecule has 29 heavy (non-hydrogen) atoms. The largest absolute Gasteiger partial charge is 0.464 e. The maximum atomic E-state index is 12.8. The number of rotatable bonds is 6. The molecule has 0 bridgehead atoms. The van der Waals surface area contributed by atoms with Gasteiger partial charge in [0.2, 0.25) is 5.16 Å². The van der Waals surface area contributed by atoms with Gasteiger partial charge in [-0.3, -0.25) is 4.79 Å². The van der Waals surface area contributed by atoms with E-state index >= 15 is 0 Å². The number of fused-ring (bicyclic) bond motifs is 1. The van der Waals surface area contributed by atoms with Gasteiger partial charge >= 0.3 is 0 Å². The minimum atomic E-state index is -0.178. The summed E-state index contributed by atoms with van der Waals surface area (Å²) in [6, 6.07) is 7.68. The smallest absolute Gasteiger partial charge is 0.260 e. The Hall–Kier alpha value is -2.76. The highest BCUT2D eigenvalue weighted by molar-refractivity contribution is 7.99. The van der Waals surface area contributed by atoms with Gasteiger partial charge in [-0.15, -0.1) is 27.8 Å². The lowest BCUT2D eigenvalue weighted by molar-refractivity contribution is 0.583. The summed E-state index contributed by atoms with van der Waals surface area (Å²) in [4.78, 5) is 22.2. The molecule has 0 aromatic carbocycles. The predicted molar refractivity (Wildman–Crippen MR) is 113 cm³/mol. The van der Waals surface area contributed by atoms with Crippen LogP contribution < -0.4 is 5.56 Å². The lowest BCUT2D eigenvalue weighted by Gasteiger charge is -2.10. The highest BCUT2D eigenvalue weighted by Crippen LogP contribution is 2.35. The first-order valence-electron chi connectivity index (χ1n) is 8.69. The first-order valence-corrected chi connectivity index (χ1v) is 11.3. The van der Waals surface area contributed by atoms with Crippen molar-refractivity contribution in [1.29, 1.82) is 0 Å². The van der Waals surface area contributed by atoms with Crippen LogP contribution in [0, 0.1) is 0 Å². The van der Waals surface area contributed by atoms with Crippen LogP contribution in [0.3, 0.4) is 0 Å². The van der Waals surface area contributed by atoms with Gasteiger partial charge in [0.1, 0.15) is 16.4 Å². The molecule has 1 N–H and O–H groups in total. The van der Waals surface area contributed by atoms with Crippen molar-refractivity contribution in [3.63, 3.8) is 0 Å². The first-order chi connectivity index (χ1) is 14.2. The number of aromatic amines is 1. The van der Waals surface area contributed by atoms with E-state index < -0.39 is 0 Å². The number of thioether (sulfide) groups is 1. The minimum absolute atomic E-state index is 0.130. The Morgan fingerprint density at radius 1 is 1.31 bits per heavy atom. The van der Waals surface area contributed by atoms with E-state index in [0.29, 0.717) is 33.5 Å². The van der Waals surface area contributed by atoms with Gasteiger partial charge in [0.05, 0.1) is 23.4 Å². The minimum Gasteiger partial charge on any atom is -0.464 e. The van der Waals surface area contributed by atoms with Crippen LogP contribution in [0.2, 0.25) is 0 Å². The van der Waals surface area contributed by atoms with Crippen molar-refractivity contribution in [3.05, 3.63) is 62.3 Å². The van der Waals surface area contributed by atoms with Crippen LogP contribution in [0.15, 0.2) is 55.7 Å². The number of hydrogen-bond acceptors (Lipinski definition) is 9. The van der Waals surface area contributed by atoms with Crippen molar-refractivity contribution >= 4 is 44.7 Å². The normalized spacial score (nSPS) is 12.6. The summed E-state index contributed by atoms with van der Waals surface area (Å²) in [5.41, 5.74) is 0.582. The summed E-state index contributed by atoms with van der Waals surface area (Å²) < 4.78 is 7.20. The van der Waals surface area contributed by atoms with E-state index in [1.54, 1.807) is 28.3 Å². The Balaban J connectivity index is 1.43. The number of hydrogen-bond donors (Lipinski definition) is 1. The average Bonchev–Trinajstić information content (AvgIpc) is 3.50. The van der Waals surface area contributed by atoms with E-state index in [-0.39, 0.29) is 10.8 Å². The molecule has 5 aromatic heterocycles. The van der Waals surface area contributed by atoms with E-state index in [2.05, 4.69) is 25.5 Å². The fraction of sp³-hybridized carbons (Fsp3) is 0.167. The Labute approximate surface area is 176 Å². The van der Waals surface area contributed by atoms with Gasteiger partial charge in [0.15, 0.2) is 0 Å². The summed E-state index contributed by atoms with van der Waals surface area (Å²) in [6.45, 7) is 2.58. The quantitative estimate of drug-likeness (QED) is 0.393. The second kappa shape index (κ2) is 7.58. The predicted octanol–water partition coefficient (Wildman–Crippen LogP) is 4.19. The summed E-state index contributed by atoms with van der Waals surface area (Å²) in [7, 11) is 0. The van der Waals surface area contributed by atoms with Crippen molar-refractivity contribution < 1.29 is 4.42 Å². The fourth-order valence-electron chi connectivity index (χ4n) is 2.92. The zero-order valence-corrected chi connectivity index (χ0v) is 17.6. The van der Waals surface area contributed by atoms with E-state index in [9.17, 15) is 4.79 Å². The number of nitrogens with zero attached hydrogens (tertiary/aromatic N) is 5. The molecule has 11 heteroatoms. The van der Waals surface area contributed by atoms with E-state index in [1.807, 2.05) is 35.9 Å². The van der Waals surface area contributed by atoms with Crippen LogP contribution in [0.4, 0.5) is 0 Å². The number of H-pyrrole nitrogens is 1. The zero-order valence-electron chi connectivity index (χ0n) is 15.1. The maximum Gasteiger partial charge on any atom is 0.260 e. The van der Waals surface area contributed by atoms with Crippen LogP contribution in [0.25, 0.3) is 21.5 Å². The van der Waals surface area contributed by atoms with Gasteiger partial charge in [-0.25, -0.2) is 9.67 Å². The van der Waals surface area contributed by atoms with Gasteiger partial charge < -0.3 is 9.40 Å². The lowest BCUT2D eigenvalue weighted by Crippen LogP contribution is -2.12. The molecule has 0 radical (unpaired) electrons. The van der Waals surface area contributed by atoms with Crippen molar-refractivity contribution in [2.24, 2.45) is 0 Å². The molecule has 0 spiro atoms. The van der Waals surface area contributed by atoms with Crippen molar-refractivity contribution in [2.75, 3.05) is 0 Å². The van der Waals surface area contributed by atoms with Crippen LogP contribution in [-0.2, 0) is 6.54 Å². The Morgan fingerprint density at radius 2 is 2.24 bits per heavy atom. The molecule has 0 amide bonds. The maximum absolute atomic E-state index is 12.8. The van der Waals surface area contributed by atoms with Crippen LogP contribution in [0.1, 0.15) is 22.9 Å². The summed E-state index contributed by atoms with van der Waals surface area (Å²) >= 11 is 4.54. The molecule has 0 fully saturated rings. The second-order valence-corrected chi connectivity index (χ2v) is 9.41. The lowest BCUT2D eigenvalue weighted by atomic mass is 10.2. The molecular formula is C18H14N6O2S3. The average molecular weight is 443 g/mol. The van der Waals surface area contributed by atoms with Crippen molar-refractivity contribution in [3.8, 4) is 11.3 Å². The second-order valence-electron chi connectivity index (χ2n) is 6.22. The first kappa shape index (κ1) is 18.3. The molecule has 1 atom stereocenters. The standard InChI is InChI=1S/C18H14N6O2S3/c1-10(29-18-21-22-23-24(18)8-11-4-3-7-27-11)15-19-16(25)14-12(9-28-17(14)20-15)13-5-2-6-26-13/h2-7,9-10H,8H2,1H3,(H,19,20,25)/t10-/m1/s1. The molecule has 146 valence electrons. The summed E-state index contributed by atoms with van der Waals surface area (Å²) in [6.07, 6.45) is 1.59. The molecule has 0 saturated heterocycles. The Kier molecular flexibility index (Phi) is 4.78. The molecule has 0 aliphatic heterocycles. The Morgan fingerprint density at radius 3 is 3.03 bits per heavy atom. The number of thiophene rings is 2. The topological polar surface area (TPSA) is 102 Å². The van der Waals surface area contributed by atoms with Gasteiger partial charge in [0, 0.05) is 15.8 Å². The van der Waals surface area contributed by atoms with Crippen LogP contribution in [-0.4, -0.2) is 30.2 Å². The van der Waals surface area contributed by atoms with E-state index in [4.69, 9.17) is 4.42 Å². The Bertz CT molecular complexity index is 1300. The van der Waals surface area contributed by atoms with Crippen LogP contribution >= 0.6 is 34.4 Å². The molecule has 0 unspecified atom stereocenters. The van der Waals surface area contributed by atoms with Gasteiger partial charge in [-0.1, -0.05) is 17.8 Å². The highest BCUT2D eigenvalue weighted by Gasteiger charge is 2.20. The molecule has 8 nitrogen and oxygen atoms in total. The van der Waals surface area contributed by atoms with Crippen molar-refractivity contribution in [1.82, 2.24) is 30.2 Å². The third-order valence-electron chi connectivity index (χ3n) is 4.30. The third kappa shape index (κ3) is 3.52. The fourth-order valence-corrected chi connectivity index (χ4v) is 5.38. The number of aromatic nitrogens is 6. The summed E-state index contributed by atoms with van der Waals surface area (Å²) in [5.74, 6) is 1.25. The molecule has 5 aromatic rings. The zero-order chi connectivity index (χ0) is 19.8. The molecular weight excluding hydrogens is 428 g/mol. The number of tetrazole rings is 1. The third-order valence-corrected chi connectivity index (χ3v) is 7.11. The summed E-state index contributed by atoms with van der Waals surface area (Å²) in [5, 5.41) is 17.0. The van der Waals surface area contributed by atoms with Crippen molar-refractivity contribution in [2.45, 2.75) is 23.9 Å². The van der Waals surface area contributed by atoms with Gasteiger partial charge in [0.25, 0.3) is 5.56 Å². The highest BCUT2D eigenvalue weighted by atomic mass is 32.2. The molecule has 0 aliphatic carbocycles. The van der Waals surface area contributed by atoms with E-state index in [0.717, 1.165) is 5.56 Å². The van der Waals surface area contributed by atoms with Gasteiger partial charge in [-0.05, 0) is 40.9 Å². The molecule has 0 saturated carbocycles. The SMILES string of the molecule is C[C@@H](Sc1nnnn1Cc1cccs1)c1nc2scc(-c3ccco3)c2c(=O)[nH]1. The molecule has 5 heterocycles. The number of furan rings is 1. The van der Waals surface area contributed by atoms with Crippen LogP contribution in [0.5, 0.6) is 0 Å². The molecule has 0 aliphatic rings. The van der Waals surface area contributed by atoms with E-state index in [1.165, 1.54) is 28.0 Å². The number of nitrogens with one attached hydrogen (secondary N) is 1. The molecule has 5 rings (SSSR count). The monoisotopic (exact) mass is 442 g/mol. The van der Waals surface area contributed by atoms with Gasteiger partial charge in [-0.2, -0.15) is 0 Å².